The molecule has 1 aliphatic rings. The summed E-state index contributed by atoms with van der Waals surface area (Å²) in [6, 6.07) is 0. The third kappa shape index (κ3) is 2.48. The molecule has 0 aromatic carbocycles. The molecule has 1 fully saturated rings. The van der Waals surface area contributed by atoms with Crippen LogP contribution >= 0.6 is 23.2 Å². The standard InChI is InChI=1S/C7H12Cl2O2/c1-2-7-10-4-6(11-7)5(9)3-8/h5-7H,2-4H2,1H3/t5-,6+,7-/m1/s1. The minimum absolute atomic E-state index is 0.0286. The van der Waals surface area contributed by atoms with Crippen molar-refractivity contribution in [1.29, 1.82) is 0 Å². The van der Waals surface area contributed by atoms with Gasteiger partial charge in [-0.15, -0.1) is 23.2 Å². The average Bonchev–Trinajstić information content (AvgIpc) is 2.50. The second-order valence-corrected chi connectivity index (χ2v) is 3.39. The number of halogens is 2. The van der Waals surface area contributed by atoms with Gasteiger partial charge in [0.2, 0.25) is 0 Å². The van der Waals surface area contributed by atoms with Crippen molar-refractivity contribution in [2.75, 3.05) is 12.5 Å². The van der Waals surface area contributed by atoms with Crippen LogP contribution in [-0.4, -0.2) is 30.3 Å². The van der Waals surface area contributed by atoms with E-state index in [2.05, 4.69) is 0 Å². The fourth-order valence-electron chi connectivity index (χ4n) is 0.979. The van der Waals surface area contributed by atoms with Crippen molar-refractivity contribution in [2.45, 2.75) is 31.1 Å². The van der Waals surface area contributed by atoms with Gasteiger partial charge in [0.25, 0.3) is 0 Å². The van der Waals surface area contributed by atoms with E-state index in [0.29, 0.717) is 12.5 Å². The minimum Gasteiger partial charge on any atom is -0.350 e. The summed E-state index contributed by atoms with van der Waals surface area (Å²) in [5.41, 5.74) is 0. The first-order chi connectivity index (χ1) is 5.27. The molecule has 0 amide bonds. The van der Waals surface area contributed by atoms with E-state index in [9.17, 15) is 0 Å². The predicted molar refractivity (Wildman–Crippen MR) is 45.3 cm³/mol. The minimum atomic E-state index is -0.131. The Balaban J connectivity index is 2.29. The molecule has 0 aromatic heterocycles. The average molecular weight is 199 g/mol. The molecule has 1 aliphatic heterocycles. The van der Waals surface area contributed by atoms with E-state index < -0.39 is 0 Å². The van der Waals surface area contributed by atoms with Gasteiger partial charge >= 0.3 is 0 Å². The maximum atomic E-state index is 5.86. The van der Waals surface area contributed by atoms with Crippen molar-refractivity contribution in [3.8, 4) is 0 Å². The first kappa shape index (κ1) is 9.59. The summed E-state index contributed by atoms with van der Waals surface area (Å²) in [7, 11) is 0. The number of hydrogen-bond donors (Lipinski definition) is 0. The van der Waals surface area contributed by atoms with Crippen molar-refractivity contribution < 1.29 is 9.47 Å². The first-order valence-electron chi connectivity index (χ1n) is 3.75. The highest BCUT2D eigenvalue weighted by molar-refractivity contribution is 6.28. The van der Waals surface area contributed by atoms with Crippen LogP contribution in [0.2, 0.25) is 0 Å². The van der Waals surface area contributed by atoms with Gasteiger partial charge in [0.15, 0.2) is 6.29 Å². The highest BCUT2D eigenvalue weighted by atomic mass is 35.5. The molecular weight excluding hydrogens is 187 g/mol. The number of rotatable bonds is 3. The van der Waals surface area contributed by atoms with Crippen LogP contribution in [0.25, 0.3) is 0 Å². The van der Waals surface area contributed by atoms with Gasteiger partial charge in [-0.1, -0.05) is 6.92 Å². The highest BCUT2D eigenvalue weighted by Crippen LogP contribution is 2.20. The molecule has 1 saturated heterocycles. The van der Waals surface area contributed by atoms with E-state index in [0.717, 1.165) is 6.42 Å². The molecule has 0 radical (unpaired) electrons. The summed E-state index contributed by atoms with van der Waals surface area (Å²) in [5.74, 6) is 0.409. The molecule has 0 bridgehead atoms. The lowest BCUT2D eigenvalue weighted by molar-refractivity contribution is -0.0582. The van der Waals surface area contributed by atoms with E-state index in [4.69, 9.17) is 32.7 Å². The Hall–Kier alpha value is 0.500. The molecule has 4 heteroatoms. The second kappa shape index (κ2) is 4.51. The molecule has 0 unspecified atom stereocenters. The van der Waals surface area contributed by atoms with E-state index in [1.54, 1.807) is 0 Å². The second-order valence-electron chi connectivity index (χ2n) is 2.52. The maximum absolute atomic E-state index is 5.86. The van der Waals surface area contributed by atoms with E-state index in [1.165, 1.54) is 0 Å². The smallest absolute Gasteiger partial charge is 0.158 e. The van der Waals surface area contributed by atoms with E-state index in [1.807, 2.05) is 6.92 Å². The number of alkyl halides is 2. The first-order valence-corrected chi connectivity index (χ1v) is 4.72. The molecule has 2 nitrogen and oxygen atoms in total. The van der Waals surface area contributed by atoms with Gasteiger partial charge in [-0.05, 0) is 6.42 Å². The van der Waals surface area contributed by atoms with Gasteiger partial charge in [0.05, 0.1) is 12.0 Å². The summed E-state index contributed by atoms with van der Waals surface area (Å²) in [6.45, 7) is 2.58. The van der Waals surface area contributed by atoms with Gasteiger partial charge in [0, 0.05) is 5.88 Å². The molecular formula is C7H12Cl2O2. The zero-order chi connectivity index (χ0) is 8.27. The van der Waals surface area contributed by atoms with Crippen molar-refractivity contribution in [1.82, 2.24) is 0 Å². The van der Waals surface area contributed by atoms with Crippen molar-refractivity contribution >= 4 is 23.2 Å². The molecule has 1 heterocycles. The molecule has 0 saturated carbocycles. The highest BCUT2D eigenvalue weighted by Gasteiger charge is 2.29. The lowest BCUT2D eigenvalue weighted by Crippen LogP contribution is -2.25. The molecule has 0 N–H and O–H groups in total. The fourth-order valence-corrected chi connectivity index (χ4v) is 1.31. The van der Waals surface area contributed by atoms with Crippen molar-refractivity contribution in [3.05, 3.63) is 0 Å². The summed E-state index contributed by atoms with van der Waals surface area (Å²) < 4.78 is 10.7. The Kier molecular flexibility index (Phi) is 3.93. The molecule has 11 heavy (non-hydrogen) atoms. The molecule has 0 aliphatic carbocycles. The topological polar surface area (TPSA) is 18.5 Å². The van der Waals surface area contributed by atoms with Crippen LogP contribution < -0.4 is 0 Å². The third-order valence-corrected chi connectivity index (χ3v) is 2.58. The van der Waals surface area contributed by atoms with Crippen LogP contribution in [0.15, 0.2) is 0 Å². The van der Waals surface area contributed by atoms with Gasteiger partial charge in [0.1, 0.15) is 6.10 Å². The zero-order valence-electron chi connectivity index (χ0n) is 6.43. The Morgan fingerprint density at radius 2 is 2.36 bits per heavy atom. The zero-order valence-corrected chi connectivity index (χ0v) is 7.94. The predicted octanol–water partition coefficient (Wildman–Crippen LogP) is 1.98. The van der Waals surface area contributed by atoms with Gasteiger partial charge in [-0.25, -0.2) is 0 Å². The fraction of sp³-hybridized carbons (Fsp3) is 1.00. The lowest BCUT2D eigenvalue weighted by atomic mass is 10.3. The molecule has 0 aromatic rings. The van der Waals surface area contributed by atoms with E-state index >= 15 is 0 Å². The third-order valence-electron chi connectivity index (χ3n) is 1.66. The lowest BCUT2D eigenvalue weighted by Gasteiger charge is -2.12. The van der Waals surface area contributed by atoms with Crippen LogP contribution in [0.1, 0.15) is 13.3 Å². The van der Waals surface area contributed by atoms with Crippen molar-refractivity contribution in [2.24, 2.45) is 0 Å². The van der Waals surface area contributed by atoms with Gasteiger partial charge < -0.3 is 9.47 Å². The number of hydrogen-bond acceptors (Lipinski definition) is 2. The molecule has 3 atom stereocenters. The summed E-state index contributed by atoms with van der Waals surface area (Å²) in [5, 5.41) is -0.131. The van der Waals surface area contributed by atoms with Crippen molar-refractivity contribution in [3.63, 3.8) is 0 Å². The van der Waals surface area contributed by atoms with Gasteiger partial charge in [-0.3, -0.25) is 0 Å². The molecule has 66 valence electrons. The number of ether oxygens (including phenoxy) is 2. The summed E-state index contributed by atoms with van der Waals surface area (Å²) in [4.78, 5) is 0. The van der Waals surface area contributed by atoms with Crippen LogP contribution in [0.4, 0.5) is 0 Å². The monoisotopic (exact) mass is 198 g/mol. The largest absolute Gasteiger partial charge is 0.350 e. The quantitative estimate of drug-likeness (QED) is 0.647. The van der Waals surface area contributed by atoms with Crippen LogP contribution in [0, 0.1) is 0 Å². The maximum Gasteiger partial charge on any atom is 0.158 e. The van der Waals surface area contributed by atoms with Crippen LogP contribution in [0.5, 0.6) is 0 Å². The SMILES string of the molecule is CC[C@@H]1OC[C@@H]([C@H](Cl)CCl)O1. The summed E-state index contributed by atoms with van der Waals surface area (Å²) >= 11 is 11.4. The Bertz CT molecular complexity index is 121. The molecule has 0 spiro atoms. The van der Waals surface area contributed by atoms with Crippen LogP contribution in [-0.2, 0) is 9.47 Å². The Labute approximate surface area is 76.8 Å². The van der Waals surface area contributed by atoms with E-state index in [-0.39, 0.29) is 17.8 Å². The normalized spacial score (nSPS) is 34.1. The molecule has 1 rings (SSSR count). The Morgan fingerprint density at radius 1 is 1.64 bits per heavy atom. The van der Waals surface area contributed by atoms with Crippen LogP contribution in [0.3, 0.4) is 0 Å². The Morgan fingerprint density at radius 3 is 2.82 bits per heavy atom. The van der Waals surface area contributed by atoms with Gasteiger partial charge in [-0.2, -0.15) is 0 Å². The summed E-state index contributed by atoms with van der Waals surface area (Å²) in [6.07, 6.45) is 0.756.